The average Bonchev–Trinajstić information content (AvgIpc) is 3.12. The summed E-state index contributed by atoms with van der Waals surface area (Å²) in [7, 11) is 0. The van der Waals surface area contributed by atoms with Gasteiger partial charge in [-0.2, -0.15) is 5.10 Å². The number of anilines is 1. The highest BCUT2D eigenvalue weighted by molar-refractivity contribution is 7.99. The minimum Gasteiger partial charge on any atom is -0.325 e. The van der Waals surface area contributed by atoms with E-state index < -0.39 is 0 Å². The fourth-order valence-electron chi connectivity index (χ4n) is 2.16. The summed E-state index contributed by atoms with van der Waals surface area (Å²) in [6, 6.07) is 15.7. The van der Waals surface area contributed by atoms with Crippen molar-refractivity contribution in [2.45, 2.75) is 5.75 Å². The molecular weight excluding hydrogens is 325 g/mol. The van der Waals surface area contributed by atoms with Crippen molar-refractivity contribution >= 4 is 23.4 Å². The smallest absolute Gasteiger partial charge is 0.234 e. The van der Waals surface area contributed by atoms with E-state index in [1.807, 2.05) is 36.5 Å². The average molecular weight is 341 g/mol. The van der Waals surface area contributed by atoms with E-state index in [-0.39, 0.29) is 11.7 Å². The van der Waals surface area contributed by atoms with Gasteiger partial charge in [-0.05, 0) is 48.0 Å². The summed E-state index contributed by atoms with van der Waals surface area (Å²) in [6.45, 7) is 0. The molecule has 0 atom stereocenters. The number of benzene rings is 2. The zero-order chi connectivity index (χ0) is 16.8. The minimum atomic E-state index is -0.319. The van der Waals surface area contributed by atoms with Gasteiger partial charge in [0.15, 0.2) is 0 Å². The van der Waals surface area contributed by atoms with E-state index in [1.54, 1.807) is 23.0 Å². The van der Waals surface area contributed by atoms with Gasteiger partial charge in [0, 0.05) is 23.8 Å². The van der Waals surface area contributed by atoms with E-state index in [4.69, 9.17) is 0 Å². The fraction of sp³-hybridized carbons (Fsp3) is 0.111. The normalized spacial score (nSPS) is 10.5. The molecule has 1 heterocycles. The van der Waals surface area contributed by atoms with Gasteiger partial charge in [-0.1, -0.05) is 12.1 Å². The van der Waals surface area contributed by atoms with Crippen LogP contribution in [-0.4, -0.2) is 21.4 Å². The number of nitrogens with zero attached hydrogens (tertiary/aromatic N) is 2. The van der Waals surface area contributed by atoms with Crippen molar-refractivity contribution in [1.29, 1.82) is 0 Å². The Labute approximate surface area is 143 Å². The number of hydrogen-bond donors (Lipinski definition) is 1. The summed E-state index contributed by atoms with van der Waals surface area (Å²) in [6.07, 6.45) is 3.63. The largest absolute Gasteiger partial charge is 0.325 e. The summed E-state index contributed by atoms with van der Waals surface area (Å²) in [5.74, 6) is 0.676. The van der Waals surface area contributed by atoms with Gasteiger partial charge < -0.3 is 5.32 Å². The first-order chi connectivity index (χ1) is 11.7. The van der Waals surface area contributed by atoms with Gasteiger partial charge in [0.25, 0.3) is 0 Å². The van der Waals surface area contributed by atoms with Crippen LogP contribution in [0.4, 0.5) is 10.1 Å². The van der Waals surface area contributed by atoms with Gasteiger partial charge in [-0.15, -0.1) is 11.8 Å². The first kappa shape index (κ1) is 16.3. The molecule has 0 bridgehead atoms. The predicted octanol–water partition coefficient (Wildman–Crippen LogP) is 3.88. The van der Waals surface area contributed by atoms with Gasteiger partial charge in [0.05, 0.1) is 11.4 Å². The first-order valence-electron chi connectivity index (χ1n) is 7.43. The molecule has 1 amide bonds. The maximum absolute atomic E-state index is 12.8. The number of nitrogens with one attached hydrogen (secondary N) is 1. The van der Waals surface area contributed by atoms with Crippen LogP contribution in [0.3, 0.4) is 0 Å². The molecule has 4 nitrogen and oxygen atoms in total. The highest BCUT2D eigenvalue weighted by Crippen LogP contribution is 2.16. The lowest BCUT2D eigenvalue weighted by atomic mass is 10.2. The second-order valence-corrected chi connectivity index (χ2v) is 6.15. The van der Waals surface area contributed by atoms with Gasteiger partial charge in [-0.3, -0.25) is 4.79 Å². The lowest BCUT2D eigenvalue weighted by Gasteiger charge is -2.06. The second kappa shape index (κ2) is 7.79. The van der Waals surface area contributed by atoms with Crippen LogP contribution in [-0.2, 0) is 10.5 Å². The quantitative estimate of drug-likeness (QED) is 0.740. The van der Waals surface area contributed by atoms with Crippen molar-refractivity contribution in [3.63, 3.8) is 0 Å². The molecule has 3 rings (SSSR count). The number of hydrogen-bond acceptors (Lipinski definition) is 3. The Bertz CT molecular complexity index is 786. The predicted molar refractivity (Wildman–Crippen MR) is 94.8 cm³/mol. The van der Waals surface area contributed by atoms with Gasteiger partial charge >= 0.3 is 0 Å². The standard InChI is InChI=1S/C18H16FN3OS/c19-15-4-6-16(7-5-15)21-18(23)13-24-12-14-2-8-17(9-3-14)22-11-1-10-20-22/h1-11H,12-13H2,(H,21,23). The van der Waals surface area contributed by atoms with Gasteiger partial charge in [-0.25, -0.2) is 9.07 Å². The van der Waals surface area contributed by atoms with E-state index in [1.165, 1.54) is 23.9 Å². The van der Waals surface area contributed by atoms with Crippen LogP contribution < -0.4 is 5.32 Å². The second-order valence-electron chi connectivity index (χ2n) is 5.16. The Morgan fingerprint density at radius 1 is 1.12 bits per heavy atom. The highest BCUT2D eigenvalue weighted by Gasteiger charge is 2.04. The SMILES string of the molecule is O=C(CSCc1ccc(-n2cccn2)cc1)Nc1ccc(F)cc1. The first-order valence-corrected chi connectivity index (χ1v) is 8.58. The molecule has 122 valence electrons. The number of amides is 1. The Balaban J connectivity index is 1.46. The lowest BCUT2D eigenvalue weighted by molar-refractivity contribution is -0.113. The van der Waals surface area contributed by atoms with E-state index in [9.17, 15) is 9.18 Å². The third-order valence-electron chi connectivity index (χ3n) is 3.34. The van der Waals surface area contributed by atoms with Crippen molar-refractivity contribution in [1.82, 2.24) is 9.78 Å². The molecule has 2 aromatic carbocycles. The molecule has 6 heteroatoms. The van der Waals surface area contributed by atoms with E-state index >= 15 is 0 Å². The Morgan fingerprint density at radius 3 is 2.54 bits per heavy atom. The lowest BCUT2D eigenvalue weighted by Crippen LogP contribution is -2.14. The molecule has 0 aliphatic heterocycles. The molecule has 0 aliphatic carbocycles. The number of thioether (sulfide) groups is 1. The van der Waals surface area contributed by atoms with Crippen LogP contribution >= 0.6 is 11.8 Å². The van der Waals surface area contributed by atoms with Crippen LogP contribution in [0.15, 0.2) is 67.0 Å². The zero-order valence-electron chi connectivity index (χ0n) is 12.9. The molecule has 1 aromatic heterocycles. The number of halogens is 1. The summed E-state index contributed by atoms with van der Waals surface area (Å²) in [5.41, 5.74) is 2.75. The topological polar surface area (TPSA) is 46.9 Å². The molecule has 0 spiro atoms. The molecule has 0 saturated carbocycles. The molecule has 0 radical (unpaired) electrons. The Hall–Kier alpha value is -2.60. The number of carbonyl (C=O) groups excluding carboxylic acids is 1. The zero-order valence-corrected chi connectivity index (χ0v) is 13.7. The minimum absolute atomic E-state index is 0.0974. The number of carbonyl (C=O) groups is 1. The third-order valence-corrected chi connectivity index (χ3v) is 4.34. The summed E-state index contributed by atoms with van der Waals surface area (Å²) in [5, 5.41) is 6.93. The van der Waals surface area contributed by atoms with Crippen LogP contribution in [0.5, 0.6) is 0 Å². The summed E-state index contributed by atoms with van der Waals surface area (Å²) < 4.78 is 14.6. The summed E-state index contributed by atoms with van der Waals surface area (Å²) >= 11 is 1.53. The van der Waals surface area contributed by atoms with Crippen LogP contribution in [0.1, 0.15) is 5.56 Å². The molecular formula is C18H16FN3OS. The molecule has 0 unspecified atom stereocenters. The van der Waals surface area contributed by atoms with Crippen molar-refractivity contribution in [3.8, 4) is 5.69 Å². The van der Waals surface area contributed by atoms with Gasteiger partial charge in [0.2, 0.25) is 5.91 Å². The maximum Gasteiger partial charge on any atom is 0.234 e. The van der Waals surface area contributed by atoms with Gasteiger partial charge in [0.1, 0.15) is 5.82 Å². The summed E-state index contributed by atoms with van der Waals surface area (Å²) in [4.78, 5) is 11.9. The van der Waals surface area contributed by atoms with E-state index in [0.29, 0.717) is 11.4 Å². The third kappa shape index (κ3) is 4.45. The van der Waals surface area contributed by atoms with Crippen molar-refractivity contribution in [2.75, 3.05) is 11.1 Å². The molecule has 0 aliphatic rings. The van der Waals surface area contributed by atoms with Crippen LogP contribution in [0.2, 0.25) is 0 Å². The molecule has 24 heavy (non-hydrogen) atoms. The van der Waals surface area contributed by atoms with Crippen LogP contribution in [0, 0.1) is 5.82 Å². The molecule has 1 N–H and O–H groups in total. The fourth-order valence-corrected chi connectivity index (χ4v) is 2.95. The van der Waals surface area contributed by atoms with Crippen molar-refractivity contribution in [2.24, 2.45) is 0 Å². The van der Waals surface area contributed by atoms with Crippen LogP contribution in [0.25, 0.3) is 5.69 Å². The maximum atomic E-state index is 12.8. The molecule has 3 aromatic rings. The van der Waals surface area contributed by atoms with Crippen molar-refractivity contribution in [3.05, 3.63) is 78.4 Å². The van der Waals surface area contributed by atoms with E-state index in [2.05, 4.69) is 10.4 Å². The molecule has 0 saturated heterocycles. The highest BCUT2D eigenvalue weighted by atomic mass is 32.2. The number of rotatable bonds is 6. The van der Waals surface area contributed by atoms with E-state index in [0.717, 1.165) is 17.0 Å². The van der Waals surface area contributed by atoms with Crippen molar-refractivity contribution < 1.29 is 9.18 Å². The molecule has 0 fully saturated rings. The number of aromatic nitrogens is 2. The monoisotopic (exact) mass is 341 g/mol. The Morgan fingerprint density at radius 2 is 1.88 bits per heavy atom. The Kier molecular flexibility index (Phi) is 5.28.